The van der Waals surface area contributed by atoms with Gasteiger partial charge in [0.05, 0.1) is 20.9 Å². The Balaban J connectivity index is 1.71. The number of anilines is 1. The smallest absolute Gasteiger partial charge is 0.241 e. The maximum Gasteiger partial charge on any atom is 0.241 e. The molecule has 0 saturated carbocycles. The number of thiazole rings is 1. The number of carbonyl (C=O) groups excluding carboxylic acids is 1. The van der Waals surface area contributed by atoms with E-state index in [1.54, 1.807) is 24.3 Å². The highest BCUT2D eigenvalue weighted by molar-refractivity contribution is 7.91. The lowest BCUT2D eigenvalue weighted by atomic mass is 10.2. The third kappa shape index (κ3) is 5.28. The maximum absolute atomic E-state index is 12.2. The summed E-state index contributed by atoms with van der Waals surface area (Å²) >= 11 is 6.84. The number of carbonyl (C=O) groups is 1. The Morgan fingerprint density at radius 1 is 1.11 bits per heavy atom. The minimum atomic E-state index is -3.68. The Bertz CT molecular complexity index is 1250. The number of halogens is 1. The quantitative estimate of drug-likeness (QED) is 0.608. The average Bonchev–Trinajstić information content (AvgIpc) is 2.96. The zero-order chi connectivity index (χ0) is 20.5. The van der Waals surface area contributed by atoms with Crippen LogP contribution in [0, 0.1) is 0 Å². The van der Waals surface area contributed by atoms with Crippen molar-refractivity contribution in [3.8, 4) is 0 Å². The number of aromatic nitrogens is 1. The van der Waals surface area contributed by atoms with Crippen LogP contribution in [0.3, 0.4) is 0 Å². The number of nitrogens with zero attached hydrogens (tertiary/aromatic N) is 1. The van der Waals surface area contributed by atoms with E-state index in [-0.39, 0.29) is 15.8 Å². The third-order valence-corrected chi connectivity index (χ3v) is 7.46. The summed E-state index contributed by atoms with van der Waals surface area (Å²) < 4.78 is 48.3. The number of benzene rings is 2. The van der Waals surface area contributed by atoms with Crippen LogP contribution in [-0.2, 0) is 30.2 Å². The largest absolute Gasteiger partial charge is 0.301 e. The van der Waals surface area contributed by atoms with Crippen molar-refractivity contribution in [3.05, 3.63) is 53.1 Å². The molecule has 0 bridgehead atoms. The molecule has 0 aliphatic rings. The predicted molar refractivity (Wildman–Crippen MR) is 110 cm³/mol. The highest BCUT2D eigenvalue weighted by Gasteiger charge is 2.19. The van der Waals surface area contributed by atoms with Crippen molar-refractivity contribution in [3.63, 3.8) is 0 Å². The lowest BCUT2D eigenvalue weighted by Crippen LogP contribution is -2.23. The van der Waals surface area contributed by atoms with Gasteiger partial charge in [0.1, 0.15) is 5.75 Å². The van der Waals surface area contributed by atoms with Crippen molar-refractivity contribution in [2.45, 2.75) is 10.6 Å². The van der Waals surface area contributed by atoms with Crippen molar-refractivity contribution in [2.75, 3.05) is 17.3 Å². The van der Waals surface area contributed by atoms with Gasteiger partial charge in [-0.1, -0.05) is 35.1 Å². The van der Waals surface area contributed by atoms with E-state index in [9.17, 15) is 21.6 Å². The first-order valence-corrected chi connectivity index (χ1v) is 12.8. The van der Waals surface area contributed by atoms with Gasteiger partial charge in [-0.25, -0.2) is 21.8 Å². The first-order valence-electron chi connectivity index (χ1n) is 7.87. The summed E-state index contributed by atoms with van der Waals surface area (Å²) in [4.78, 5) is 16.5. The maximum atomic E-state index is 12.2. The van der Waals surface area contributed by atoms with Gasteiger partial charge in [0, 0.05) is 11.3 Å². The summed E-state index contributed by atoms with van der Waals surface area (Å²) in [5.74, 6) is -1.69. The van der Waals surface area contributed by atoms with E-state index >= 15 is 0 Å². The monoisotopic (exact) mass is 458 g/mol. The Kier molecular flexibility index (Phi) is 5.76. The predicted octanol–water partition coefficient (Wildman–Crippen LogP) is 2.91. The van der Waals surface area contributed by atoms with E-state index in [0.29, 0.717) is 20.8 Å². The number of hydrogen-bond donors (Lipinski definition) is 1. The lowest BCUT2D eigenvalue weighted by Gasteiger charge is -2.05. The molecule has 7 nitrogen and oxygen atoms in total. The molecule has 0 fully saturated rings. The minimum absolute atomic E-state index is 0.145. The zero-order valence-corrected chi connectivity index (χ0v) is 17.8. The van der Waals surface area contributed by atoms with Gasteiger partial charge < -0.3 is 5.32 Å². The molecule has 0 unspecified atom stereocenters. The molecule has 1 heterocycles. The molecule has 3 rings (SSSR count). The van der Waals surface area contributed by atoms with Crippen LogP contribution >= 0.6 is 22.9 Å². The number of nitrogens with one attached hydrogen (secondary N) is 1. The molecule has 0 radical (unpaired) electrons. The van der Waals surface area contributed by atoms with Gasteiger partial charge in [-0.05, 0) is 35.9 Å². The Labute approximate surface area is 171 Å². The van der Waals surface area contributed by atoms with E-state index < -0.39 is 31.3 Å². The van der Waals surface area contributed by atoms with E-state index in [0.717, 1.165) is 17.6 Å². The molecule has 28 heavy (non-hydrogen) atoms. The fraction of sp³-hybridized carbons (Fsp3) is 0.176. The molecular weight excluding hydrogens is 444 g/mol. The van der Waals surface area contributed by atoms with Crippen LogP contribution in [-0.4, -0.2) is 39.7 Å². The van der Waals surface area contributed by atoms with Crippen molar-refractivity contribution in [1.82, 2.24) is 4.98 Å². The fourth-order valence-electron chi connectivity index (χ4n) is 2.43. The molecule has 0 aliphatic heterocycles. The van der Waals surface area contributed by atoms with Crippen molar-refractivity contribution >= 4 is 63.9 Å². The topological polar surface area (TPSA) is 110 Å². The molecule has 11 heteroatoms. The van der Waals surface area contributed by atoms with E-state index in [2.05, 4.69) is 10.3 Å². The highest BCUT2D eigenvalue weighted by atomic mass is 35.5. The molecule has 0 saturated heterocycles. The molecule has 2 aromatic carbocycles. The Morgan fingerprint density at radius 2 is 1.79 bits per heavy atom. The van der Waals surface area contributed by atoms with Gasteiger partial charge in [0.2, 0.25) is 5.91 Å². The Morgan fingerprint density at radius 3 is 2.43 bits per heavy atom. The molecule has 0 atom stereocenters. The molecule has 1 amide bonds. The highest BCUT2D eigenvalue weighted by Crippen LogP contribution is 2.28. The SMILES string of the molecule is CS(=O)(=O)c1ccc2nc(NC(=O)CS(=O)(=O)Cc3ccc(Cl)cc3)sc2c1. The standard InChI is InChI=1S/C17H15ClN2O5S3/c1-27(22,23)13-6-7-14-15(8-13)26-17(19-14)20-16(21)10-28(24,25)9-11-2-4-12(18)5-3-11/h2-8H,9-10H2,1H3,(H,19,20,21). The number of sulfone groups is 2. The number of hydrogen-bond acceptors (Lipinski definition) is 7. The molecular formula is C17H15ClN2O5S3. The molecule has 1 aromatic heterocycles. The zero-order valence-electron chi connectivity index (χ0n) is 14.5. The first-order chi connectivity index (χ1) is 13.0. The van der Waals surface area contributed by atoms with E-state index in [1.165, 1.54) is 18.2 Å². The summed E-state index contributed by atoms with van der Waals surface area (Å²) in [5.41, 5.74) is 1.04. The summed E-state index contributed by atoms with van der Waals surface area (Å²) in [6.45, 7) is 0. The van der Waals surface area contributed by atoms with Crippen LogP contribution < -0.4 is 5.32 Å². The summed E-state index contributed by atoms with van der Waals surface area (Å²) in [6, 6.07) is 10.8. The fourth-order valence-corrected chi connectivity index (χ4v) is 5.47. The van der Waals surface area contributed by atoms with Crippen LogP contribution in [0.25, 0.3) is 10.2 Å². The minimum Gasteiger partial charge on any atom is -0.301 e. The molecule has 0 spiro atoms. The molecule has 0 aliphatic carbocycles. The van der Waals surface area contributed by atoms with Crippen LogP contribution in [0.1, 0.15) is 5.56 Å². The summed E-state index contributed by atoms with van der Waals surface area (Å²) in [7, 11) is -7.04. The van der Waals surface area contributed by atoms with Gasteiger partial charge in [-0.3, -0.25) is 4.79 Å². The van der Waals surface area contributed by atoms with Crippen LogP contribution in [0.2, 0.25) is 5.02 Å². The van der Waals surface area contributed by atoms with E-state index in [4.69, 9.17) is 11.6 Å². The van der Waals surface area contributed by atoms with Gasteiger partial charge in [-0.15, -0.1) is 0 Å². The molecule has 3 aromatic rings. The van der Waals surface area contributed by atoms with Crippen molar-refractivity contribution in [1.29, 1.82) is 0 Å². The normalized spacial score (nSPS) is 12.2. The van der Waals surface area contributed by atoms with Gasteiger partial charge in [0.25, 0.3) is 0 Å². The second-order valence-electron chi connectivity index (χ2n) is 6.13. The summed E-state index contributed by atoms with van der Waals surface area (Å²) in [6.07, 6.45) is 1.10. The van der Waals surface area contributed by atoms with Crippen LogP contribution in [0.4, 0.5) is 5.13 Å². The van der Waals surface area contributed by atoms with Gasteiger partial charge >= 0.3 is 0 Å². The second kappa shape index (κ2) is 7.78. The number of amides is 1. The number of fused-ring (bicyclic) bond motifs is 1. The lowest BCUT2D eigenvalue weighted by molar-refractivity contribution is -0.113. The van der Waals surface area contributed by atoms with Gasteiger partial charge in [0.15, 0.2) is 24.8 Å². The Hall–Kier alpha value is -2.01. The summed E-state index contributed by atoms with van der Waals surface area (Å²) in [5, 5.41) is 3.15. The average molecular weight is 459 g/mol. The molecule has 148 valence electrons. The molecule has 1 N–H and O–H groups in total. The van der Waals surface area contributed by atoms with Crippen molar-refractivity contribution in [2.24, 2.45) is 0 Å². The van der Waals surface area contributed by atoms with Gasteiger partial charge in [-0.2, -0.15) is 0 Å². The van der Waals surface area contributed by atoms with Crippen molar-refractivity contribution < 1.29 is 21.6 Å². The first kappa shape index (κ1) is 20.7. The number of rotatable bonds is 6. The second-order valence-corrected chi connectivity index (χ2v) is 11.7. The van der Waals surface area contributed by atoms with Crippen LogP contribution in [0.15, 0.2) is 47.4 Å². The third-order valence-electron chi connectivity index (χ3n) is 3.69. The van der Waals surface area contributed by atoms with Crippen LogP contribution in [0.5, 0.6) is 0 Å². The van der Waals surface area contributed by atoms with E-state index in [1.807, 2.05) is 0 Å².